The second-order valence-electron chi connectivity index (χ2n) is 3.91. The van der Waals surface area contributed by atoms with E-state index < -0.39 is 0 Å². The molecule has 7 heteroatoms. The van der Waals surface area contributed by atoms with Crippen LogP contribution in [0.25, 0.3) is 10.9 Å². The zero-order chi connectivity index (χ0) is 14.0. The SMILES string of the molecule is CCNC(=O)Cn1cnc2c(Cl)cc(Cl)cc2c1=O. The Balaban J connectivity index is 2.52. The van der Waals surface area contributed by atoms with Gasteiger partial charge in [-0.1, -0.05) is 23.2 Å². The van der Waals surface area contributed by atoms with E-state index in [1.54, 1.807) is 6.92 Å². The van der Waals surface area contributed by atoms with Crippen molar-refractivity contribution in [1.29, 1.82) is 0 Å². The van der Waals surface area contributed by atoms with E-state index in [1.165, 1.54) is 23.0 Å². The van der Waals surface area contributed by atoms with Crippen molar-refractivity contribution < 1.29 is 4.79 Å². The molecule has 0 aliphatic rings. The Morgan fingerprint density at radius 1 is 1.42 bits per heavy atom. The second kappa shape index (κ2) is 5.59. The lowest BCUT2D eigenvalue weighted by Gasteiger charge is -2.07. The van der Waals surface area contributed by atoms with E-state index in [9.17, 15) is 9.59 Å². The van der Waals surface area contributed by atoms with Crippen LogP contribution in [0.2, 0.25) is 10.0 Å². The van der Waals surface area contributed by atoms with Crippen molar-refractivity contribution in [2.75, 3.05) is 6.54 Å². The van der Waals surface area contributed by atoms with E-state index >= 15 is 0 Å². The highest BCUT2D eigenvalue weighted by Gasteiger charge is 2.10. The first kappa shape index (κ1) is 13.8. The Morgan fingerprint density at radius 3 is 2.84 bits per heavy atom. The van der Waals surface area contributed by atoms with Gasteiger partial charge in [0, 0.05) is 11.6 Å². The lowest BCUT2D eigenvalue weighted by Crippen LogP contribution is -2.32. The average Bonchev–Trinajstić information content (AvgIpc) is 2.33. The number of carbonyl (C=O) groups is 1. The predicted octanol–water partition coefficient (Wildman–Crippen LogP) is 1.84. The van der Waals surface area contributed by atoms with Crippen molar-refractivity contribution in [3.05, 3.63) is 38.9 Å². The van der Waals surface area contributed by atoms with E-state index in [1.807, 2.05) is 0 Å². The molecule has 0 spiro atoms. The molecule has 0 aliphatic heterocycles. The van der Waals surface area contributed by atoms with Crippen LogP contribution in [0, 0.1) is 0 Å². The van der Waals surface area contributed by atoms with Gasteiger partial charge in [0.25, 0.3) is 5.56 Å². The first-order valence-electron chi connectivity index (χ1n) is 5.63. The third-order valence-corrected chi connectivity index (χ3v) is 3.04. The highest BCUT2D eigenvalue weighted by Crippen LogP contribution is 2.23. The molecule has 1 aromatic carbocycles. The van der Waals surface area contributed by atoms with Crippen LogP contribution in [0.15, 0.2) is 23.3 Å². The highest BCUT2D eigenvalue weighted by molar-refractivity contribution is 6.38. The topological polar surface area (TPSA) is 64.0 Å². The fraction of sp³-hybridized carbons (Fsp3) is 0.250. The average molecular weight is 300 g/mol. The fourth-order valence-corrected chi connectivity index (χ4v) is 2.26. The molecule has 19 heavy (non-hydrogen) atoms. The molecular weight excluding hydrogens is 289 g/mol. The van der Waals surface area contributed by atoms with Crippen LogP contribution >= 0.6 is 23.2 Å². The number of benzene rings is 1. The molecule has 0 atom stereocenters. The number of nitrogens with one attached hydrogen (secondary N) is 1. The normalized spacial score (nSPS) is 10.7. The summed E-state index contributed by atoms with van der Waals surface area (Å²) in [5.74, 6) is -0.251. The lowest BCUT2D eigenvalue weighted by atomic mass is 10.2. The first-order valence-corrected chi connectivity index (χ1v) is 6.39. The number of carbonyl (C=O) groups excluding carboxylic acids is 1. The Morgan fingerprint density at radius 2 is 2.16 bits per heavy atom. The number of fused-ring (bicyclic) bond motifs is 1. The first-order chi connectivity index (χ1) is 9.02. The number of nitrogens with zero attached hydrogens (tertiary/aromatic N) is 2. The number of amides is 1. The van der Waals surface area contributed by atoms with Crippen molar-refractivity contribution in [2.45, 2.75) is 13.5 Å². The summed E-state index contributed by atoms with van der Waals surface area (Å²) in [5.41, 5.74) is 0.0314. The minimum Gasteiger partial charge on any atom is -0.355 e. The summed E-state index contributed by atoms with van der Waals surface area (Å²) < 4.78 is 1.22. The molecule has 0 radical (unpaired) electrons. The van der Waals surface area contributed by atoms with Gasteiger partial charge in [-0.25, -0.2) is 4.98 Å². The third-order valence-electron chi connectivity index (χ3n) is 2.53. The van der Waals surface area contributed by atoms with Gasteiger partial charge in [-0.2, -0.15) is 0 Å². The van der Waals surface area contributed by atoms with E-state index in [-0.39, 0.29) is 18.0 Å². The molecule has 0 aliphatic carbocycles. The molecule has 0 fully saturated rings. The number of hydrogen-bond donors (Lipinski definition) is 1. The van der Waals surface area contributed by atoms with Gasteiger partial charge >= 0.3 is 0 Å². The lowest BCUT2D eigenvalue weighted by molar-refractivity contribution is -0.121. The summed E-state index contributed by atoms with van der Waals surface area (Å²) in [4.78, 5) is 27.8. The molecule has 5 nitrogen and oxygen atoms in total. The molecule has 0 saturated carbocycles. The van der Waals surface area contributed by atoms with Gasteiger partial charge in [0.2, 0.25) is 5.91 Å². The van der Waals surface area contributed by atoms with Crippen LogP contribution < -0.4 is 10.9 Å². The molecule has 1 amide bonds. The van der Waals surface area contributed by atoms with Gasteiger partial charge < -0.3 is 5.32 Å². The minimum atomic E-state index is -0.347. The number of rotatable bonds is 3. The summed E-state index contributed by atoms with van der Waals surface area (Å²) in [7, 11) is 0. The quantitative estimate of drug-likeness (QED) is 0.940. The molecule has 100 valence electrons. The van der Waals surface area contributed by atoms with Crippen molar-refractivity contribution in [2.24, 2.45) is 0 Å². The molecular formula is C12H11Cl2N3O2. The predicted molar refractivity (Wildman–Crippen MR) is 74.7 cm³/mol. The molecule has 0 bridgehead atoms. The van der Waals surface area contributed by atoms with E-state index in [0.29, 0.717) is 27.5 Å². The van der Waals surface area contributed by atoms with Crippen LogP contribution in [0.1, 0.15) is 6.92 Å². The zero-order valence-corrected chi connectivity index (χ0v) is 11.6. The standard InChI is InChI=1S/C12H11Cl2N3O2/c1-2-15-10(18)5-17-6-16-11-8(12(17)19)3-7(13)4-9(11)14/h3-4,6H,2,5H2,1H3,(H,15,18). The Kier molecular flexibility index (Phi) is 4.07. The van der Waals surface area contributed by atoms with Crippen LogP contribution in [-0.2, 0) is 11.3 Å². The monoisotopic (exact) mass is 299 g/mol. The number of aromatic nitrogens is 2. The van der Waals surface area contributed by atoms with E-state index in [4.69, 9.17) is 23.2 Å². The summed E-state index contributed by atoms with van der Waals surface area (Å²) in [6.07, 6.45) is 1.31. The van der Waals surface area contributed by atoms with Gasteiger partial charge in [0.15, 0.2) is 0 Å². The highest BCUT2D eigenvalue weighted by atomic mass is 35.5. The molecule has 2 aromatic rings. The molecule has 1 aromatic heterocycles. The third kappa shape index (κ3) is 2.88. The van der Waals surface area contributed by atoms with Crippen LogP contribution in [0.4, 0.5) is 0 Å². The number of hydrogen-bond acceptors (Lipinski definition) is 3. The van der Waals surface area contributed by atoms with Gasteiger partial charge in [-0.3, -0.25) is 14.2 Å². The van der Waals surface area contributed by atoms with Gasteiger partial charge in [0.05, 0.1) is 22.3 Å². The zero-order valence-electron chi connectivity index (χ0n) is 10.1. The summed E-state index contributed by atoms with van der Waals surface area (Å²) in [6, 6.07) is 3.01. The Labute approximate surface area is 119 Å². The Hall–Kier alpha value is -1.59. The minimum absolute atomic E-state index is 0.0836. The Bertz CT molecular complexity index is 697. The molecule has 0 saturated heterocycles. The van der Waals surface area contributed by atoms with Crippen LogP contribution in [0.3, 0.4) is 0 Å². The number of halogens is 2. The molecule has 1 N–H and O–H groups in total. The van der Waals surface area contributed by atoms with Gasteiger partial charge in [-0.05, 0) is 19.1 Å². The summed E-state index contributed by atoms with van der Waals surface area (Å²) in [6.45, 7) is 2.23. The van der Waals surface area contributed by atoms with Crippen molar-refractivity contribution >= 4 is 40.0 Å². The van der Waals surface area contributed by atoms with Crippen LogP contribution in [-0.4, -0.2) is 22.0 Å². The number of likely N-dealkylation sites (N-methyl/N-ethyl adjacent to an activating group) is 1. The van der Waals surface area contributed by atoms with Crippen LogP contribution in [0.5, 0.6) is 0 Å². The maximum absolute atomic E-state index is 12.2. The van der Waals surface area contributed by atoms with Crippen molar-refractivity contribution in [3.63, 3.8) is 0 Å². The smallest absolute Gasteiger partial charge is 0.261 e. The maximum atomic E-state index is 12.2. The molecule has 0 unspecified atom stereocenters. The fourth-order valence-electron chi connectivity index (χ4n) is 1.72. The molecule has 1 heterocycles. The van der Waals surface area contributed by atoms with E-state index in [0.717, 1.165) is 0 Å². The van der Waals surface area contributed by atoms with Crippen molar-refractivity contribution in [1.82, 2.24) is 14.9 Å². The summed E-state index contributed by atoms with van der Waals surface area (Å²) in [5, 5.41) is 3.57. The maximum Gasteiger partial charge on any atom is 0.261 e. The van der Waals surface area contributed by atoms with Gasteiger partial charge in [0.1, 0.15) is 6.54 Å². The summed E-state index contributed by atoms with van der Waals surface area (Å²) >= 11 is 11.8. The molecule has 2 rings (SSSR count). The van der Waals surface area contributed by atoms with E-state index in [2.05, 4.69) is 10.3 Å². The van der Waals surface area contributed by atoms with Gasteiger partial charge in [-0.15, -0.1) is 0 Å². The second-order valence-corrected chi connectivity index (χ2v) is 4.76. The largest absolute Gasteiger partial charge is 0.355 e. The van der Waals surface area contributed by atoms with Crippen molar-refractivity contribution in [3.8, 4) is 0 Å².